The van der Waals surface area contributed by atoms with Crippen LogP contribution in [0.4, 0.5) is 30.7 Å². The molecule has 0 spiro atoms. The summed E-state index contributed by atoms with van der Waals surface area (Å²) in [7, 11) is 0. The van der Waals surface area contributed by atoms with E-state index in [-0.39, 0.29) is 0 Å². The Kier molecular flexibility index (Phi) is 7.07. The molecule has 0 aromatic rings. The Morgan fingerprint density at radius 3 is 1.83 bits per heavy atom. The largest absolute Gasteiger partial charge is 0.463 e. The van der Waals surface area contributed by atoms with Gasteiger partial charge >= 0.3 is 30.0 Å². The van der Waals surface area contributed by atoms with E-state index < -0.39 is 55.0 Å². The van der Waals surface area contributed by atoms with Gasteiger partial charge in [0.25, 0.3) is 0 Å². The van der Waals surface area contributed by atoms with Crippen LogP contribution >= 0.6 is 0 Å². The number of halogens is 7. The van der Waals surface area contributed by atoms with Crippen molar-refractivity contribution in [3.8, 4) is 0 Å². The van der Waals surface area contributed by atoms with Gasteiger partial charge in [-0.1, -0.05) is 6.92 Å². The molecule has 0 fully saturated rings. The fraction of sp³-hybridized carbons (Fsp3) is 0.846. The summed E-state index contributed by atoms with van der Waals surface area (Å²) in [6, 6.07) is 0. The molecule has 0 aliphatic heterocycles. The number of ether oxygens (including phenoxy) is 2. The summed E-state index contributed by atoms with van der Waals surface area (Å²) < 4.78 is 95.2. The molecule has 0 atom stereocenters. The monoisotopic (exact) mass is 370 g/mol. The fourth-order valence-electron chi connectivity index (χ4n) is 1.16. The molecule has 0 N–H and O–H groups in total. The lowest BCUT2D eigenvalue weighted by Crippen LogP contribution is -2.52. The quantitative estimate of drug-likeness (QED) is 0.483. The number of carbonyl (C=O) groups excluding carboxylic acids is 2. The first kappa shape index (κ1) is 22.4. The van der Waals surface area contributed by atoms with E-state index in [0.717, 1.165) is 0 Å². The number of rotatable bonds is 8. The maximum absolute atomic E-state index is 12.9. The van der Waals surface area contributed by atoms with Gasteiger partial charge < -0.3 is 9.47 Å². The molecular formula is C13H17F7O4. The Hall–Kier alpha value is -1.55. The van der Waals surface area contributed by atoms with Crippen LogP contribution in [0.15, 0.2) is 0 Å². The third-order valence-corrected chi connectivity index (χ3v) is 3.25. The second kappa shape index (κ2) is 7.56. The summed E-state index contributed by atoms with van der Waals surface area (Å²) in [5, 5.41) is 0. The van der Waals surface area contributed by atoms with E-state index in [1.807, 2.05) is 0 Å². The van der Waals surface area contributed by atoms with E-state index in [1.165, 1.54) is 13.8 Å². The van der Waals surface area contributed by atoms with E-state index in [1.54, 1.807) is 6.92 Å². The number of carbonyl (C=O) groups is 2. The minimum atomic E-state index is -6.44. The number of alkyl halides is 7. The van der Waals surface area contributed by atoms with Crippen LogP contribution in [-0.4, -0.2) is 43.2 Å². The first-order valence-electron chi connectivity index (χ1n) is 6.73. The standard InChI is InChI=1S/C13H17F7O4/c1-4-10(2,3)9(22)24-7-8(21)23-6-5-11(14,15)12(16,17)13(18,19)20/h4-7H2,1-3H3. The van der Waals surface area contributed by atoms with Crippen molar-refractivity contribution in [2.45, 2.75) is 51.6 Å². The molecule has 0 aromatic carbocycles. The molecule has 24 heavy (non-hydrogen) atoms. The Morgan fingerprint density at radius 2 is 1.42 bits per heavy atom. The Balaban J connectivity index is 4.42. The molecule has 4 nitrogen and oxygen atoms in total. The lowest BCUT2D eigenvalue weighted by molar-refractivity contribution is -0.356. The molecule has 0 aliphatic rings. The topological polar surface area (TPSA) is 52.6 Å². The molecule has 142 valence electrons. The van der Waals surface area contributed by atoms with Crippen LogP contribution in [0.5, 0.6) is 0 Å². The van der Waals surface area contributed by atoms with Crippen molar-refractivity contribution in [3.63, 3.8) is 0 Å². The van der Waals surface area contributed by atoms with Gasteiger partial charge in [-0.15, -0.1) is 0 Å². The van der Waals surface area contributed by atoms with Crippen molar-refractivity contribution in [1.29, 1.82) is 0 Å². The van der Waals surface area contributed by atoms with Crippen molar-refractivity contribution in [3.05, 3.63) is 0 Å². The number of hydrogen-bond acceptors (Lipinski definition) is 4. The Bertz CT molecular complexity index is 458. The van der Waals surface area contributed by atoms with E-state index in [2.05, 4.69) is 9.47 Å². The predicted molar refractivity (Wildman–Crippen MR) is 66.6 cm³/mol. The normalized spacial score (nSPS) is 13.6. The van der Waals surface area contributed by atoms with Gasteiger partial charge in [0.15, 0.2) is 6.61 Å². The molecule has 0 saturated heterocycles. The van der Waals surface area contributed by atoms with Crippen LogP contribution < -0.4 is 0 Å². The molecule has 0 bridgehead atoms. The van der Waals surface area contributed by atoms with Gasteiger partial charge in [-0.05, 0) is 20.3 Å². The van der Waals surface area contributed by atoms with Crippen molar-refractivity contribution in [2.24, 2.45) is 5.41 Å². The van der Waals surface area contributed by atoms with Crippen molar-refractivity contribution < 1.29 is 49.8 Å². The van der Waals surface area contributed by atoms with E-state index in [0.29, 0.717) is 6.42 Å². The molecule has 11 heteroatoms. The molecule has 0 aliphatic carbocycles. The SMILES string of the molecule is CCC(C)(C)C(=O)OCC(=O)OCCC(F)(F)C(F)(F)C(F)(F)F. The number of hydrogen-bond donors (Lipinski definition) is 0. The van der Waals surface area contributed by atoms with Crippen LogP contribution in [0, 0.1) is 5.41 Å². The minimum Gasteiger partial charge on any atom is -0.463 e. The van der Waals surface area contributed by atoms with Gasteiger partial charge in [0.1, 0.15) is 0 Å². The van der Waals surface area contributed by atoms with Gasteiger partial charge in [-0.2, -0.15) is 30.7 Å². The summed E-state index contributed by atoms with van der Waals surface area (Å²) in [5.41, 5.74) is -0.915. The number of esters is 2. The van der Waals surface area contributed by atoms with Gasteiger partial charge in [-0.3, -0.25) is 4.79 Å². The fourth-order valence-corrected chi connectivity index (χ4v) is 1.16. The van der Waals surface area contributed by atoms with Crippen molar-refractivity contribution in [2.75, 3.05) is 13.2 Å². The third-order valence-electron chi connectivity index (χ3n) is 3.25. The molecule has 0 unspecified atom stereocenters. The highest BCUT2D eigenvalue weighted by molar-refractivity contribution is 5.79. The van der Waals surface area contributed by atoms with Crippen LogP contribution in [0.2, 0.25) is 0 Å². The molecule has 0 amide bonds. The Morgan fingerprint density at radius 1 is 0.917 bits per heavy atom. The van der Waals surface area contributed by atoms with Gasteiger partial charge in [0, 0.05) is 0 Å². The second-order valence-electron chi connectivity index (χ2n) is 5.56. The maximum Gasteiger partial charge on any atom is 0.459 e. The summed E-state index contributed by atoms with van der Waals surface area (Å²) >= 11 is 0. The lowest BCUT2D eigenvalue weighted by Gasteiger charge is -2.27. The zero-order chi connectivity index (χ0) is 19.4. The highest BCUT2D eigenvalue weighted by Crippen LogP contribution is 2.47. The van der Waals surface area contributed by atoms with Gasteiger partial charge in [-0.25, -0.2) is 4.79 Å². The van der Waals surface area contributed by atoms with E-state index >= 15 is 0 Å². The van der Waals surface area contributed by atoms with Crippen LogP contribution in [0.1, 0.15) is 33.6 Å². The maximum atomic E-state index is 12.9. The smallest absolute Gasteiger partial charge is 0.459 e. The first-order valence-corrected chi connectivity index (χ1v) is 6.73. The summed E-state index contributed by atoms with van der Waals surface area (Å²) in [5.74, 6) is -13.8. The summed E-state index contributed by atoms with van der Waals surface area (Å²) in [6.07, 6.45) is -8.11. The lowest BCUT2D eigenvalue weighted by atomic mass is 9.91. The Labute approximate surface area is 133 Å². The van der Waals surface area contributed by atoms with E-state index in [9.17, 15) is 40.3 Å². The molecule has 0 heterocycles. The zero-order valence-corrected chi connectivity index (χ0v) is 13.1. The summed E-state index contributed by atoms with van der Waals surface area (Å²) in [4.78, 5) is 22.6. The van der Waals surface area contributed by atoms with E-state index in [4.69, 9.17) is 0 Å². The summed E-state index contributed by atoms with van der Waals surface area (Å²) in [6.45, 7) is 2.33. The average molecular weight is 370 g/mol. The van der Waals surface area contributed by atoms with Gasteiger partial charge in [0.2, 0.25) is 0 Å². The average Bonchev–Trinajstić information content (AvgIpc) is 2.42. The zero-order valence-electron chi connectivity index (χ0n) is 13.1. The molecule has 0 radical (unpaired) electrons. The highest BCUT2D eigenvalue weighted by Gasteiger charge is 2.72. The first-order chi connectivity index (χ1) is 10.6. The molecule has 0 aromatic heterocycles. The third kappa shape index (κ3) is 5.52. The molecule has 0 rings (SSSR count). The second-order valence-corrected chi connectivity index (χ2v) is 5.56. The predicted octanol–water partition coefficient (Wildman–Crippen LogP) is 3.73. The van der Waals surface area contributed by atoms with Crippen molar-refractivity contribution >= 4 is 11.9 Å². The van der Waals surface area contributed by atoms with Crippen LogP contribution in [0.25, 0.3) is 0 Å². The minimum absolute atomic E-state index is 0.375. The van der Waals surface area contributed by atoms with Crippen LogP contribution in [-0.2, 0) is 19.1 Å². The highest BCUT2D eigenvalue weighted by atomic mass is 19.4. The molecule has 0 saturated carbocycles. The molecular weight excluding hydrogens is 353 g/mol. The van der Waals surface area contributed by atoms with Crippen molar-refractivity contribution in [1.82, 2.24) is 0 Å². The van der Waals surface area contributed by atoms with Gasteiger partial charge in [0.05, 0.1) is 18.4 Å². The van der Waals surface area contributed by atoms with Crippen LogP contribution in [0.3, 0.4) is 0 Å².